The first-order valence-corrected chi connectivity index (χ1v) is 10.7. The summed E-state index contributed by atoms with van der Waals surface area (Å²) in [4.78, 5) is 40.2. The van der Waals surface area contributed by atoms with Gasteiger partial charge in [0.1, 0.15) is 24.7 Å². The van der Waals surface area contributed by atoms with Crippen molar-refractivity contribution in [2.24, 2.45) is 0 Å². The van der Waals surface area contributed by atoms with Gasteiger partial charge in [0.15, 0.2) is 0 Å². The molecule has 0 atom stereocenters. The highest BCUT2D eigenvalue weighted by Crippen LogP contribution is 2.34. The number of amides is 3. The Bertz CT molecular complexity index is 1020. The predicted octanol–water partition coefficient (Wildman–Crippen LogP) is 4.31. The van der Waals surface area contributed by atoms with E-state index in [2.05, 4.69) is 0 Å². The Balaban J connectivity index is 1.75. The Morgan fingerprint density at radius 3 is 2.58 bits per heavy atom. The van der Waals surface area contributed by atoms with Gasteiger partial charge in [-0.1, -0.05) is 30.3 Å². The molecule has 1 aliphatic heterocycles. The number of para-hydroxylation sites is 1. The molecule has 0 unspecified atom stereocenters. The molecule has 3 amide bonds. The maximum Gasteiger partial charge on any atom is 0.294 e. The Morgan fingerprint density at radius 1 is 1.13 bits per heavy atom. The number of likely N-dealkylation sites (N-methyl/N-ethyl adjacent to an activating group) is 1. The smallest absolute Gasteiger partial charge is 0.294 e. The van der Waals surface area contributed by atoms with Gasteiger partial charge < -0.3 is 9.64 Å². The van der Waals surface area contributed by atoms with E-state index in [9.17, 15) is 18.8 Å². The van der Waals surface area contributed by atoms with Gasteiger partial charge >= 0.3 is 0 Å². The van der Waals surface area contributed by atoms with Gasteiger partial charge in [-0.05, 0) is 55.4 Å². The van der Waals surface area contributed by atoms with E-state index in [0.717, 1.165) is 16.7 Å². The summed E-state index contributed by atoms with van der Waals surface area (Å²) in [5.41, 5.74) is 1.28. The number of ether oxygens (including phenoxy) is 1. The third kappa shape index (κ3) is 5.52. The molecular weight excluding hydrogens is 419 g/mol. The van der Waals surface area contributed by atoms with Crippen molar-refractivity contribution in [2.45, 2.75) is 20.5 Å². The SMILES string of the molecule is CCN(CC)C(=O)CN1C(=O)S/C(=C\c2ccccc2OCc2cccc(F)c2)C1=O. The molecule has 2 aromatic carbocycles. The minimum absolute atomic E-state index is 0.155. The van der Waals surface area contributed by atoms with E-state index < -0.39 is 11.1 Å². The lowest BCUT2D eigenvalue weighted by Crippen LogP contribution is -2.41. The fourth-order valence-electron chi connectivity index (χ4n) is 3.11. The molecule has 1 heterocycles. The van der Waals surface area contributed by atoms with E-state index in [0.29, 0.717) is 30.0 Å². The number of hydrogen-bond acceptors (Lipinski definition) is 5. The average molecular weight is 443 g/mol. The van der Waals surface area contributed by atoms with Crippen molar-refractivity contribution < 1.29 is 23.5 Å². The minimum atomic E-state index is -0.504. The van der Waals surface area contributed by atoms with E-state index in [1.807, 2.05) is 13.8 Å². The highest BCUT2D eigenvalue weighted by Gasteiger charge is 2.37. The van der Waals surface area contributed by atoms with Crippen molar-refractivity contribution in [3.8, 4) is 5.75 Å². The highest BCUT2D eigenvalue weighted by atomic mass is 32.2. The zero-order valence-corrected chi connectivity index (χ0v) is 18.2. The number of thioether (sulfide) groups is 1. The van der Waals surface area contributed by atoms with Crippen LogP contribution in [0.2, 0.25) is 0 Å². The molecule has 0 bridgehead atoms. The molecule has 0 spiro atoms. The lowest BCUT2D eigenvalue weighted by atomic mass is 10.1. The molecule has 1 aliphatic rings. The molecule has 0 aliphatic carbocycles. The fourth-order valence-corrected chi connectivity index (χ4v) is 3.94. The van der Waals surface area contributed by atoms with Crippen LogP contribution in [0.1, 0.15) is 25.0 Å². The molecule has 0 radical (unpaired) electrons. The maximum absolute atomic E-state index is 13.4. The molecule has 2 aromatic rings. The van der Waals surface area contributed by atoms with E-state index in [-0.39, 0.29) is 29.8 Å². The number of carbonyl (C=O) groups is 3. The third-order valence-electron chi connectivity index (χ3n) is 4.77. The van der Waals surface area contributed by atoms with Gasteiger partial charge in [0.05, 0.1) is 4.91 Å². The van der Waals surface area contributed by atoms with Crippen LogP contribution >= 0.6 is 11.8 Å². The summed E-state index contributed by atoms with van der Waals surface area (Å²) in [5, 5.41) is -0.477. The normalized spacial score (nSPS) is 14.9. The van der Waals surface area contributed by atoms with Crippen LogP contribution in [0, 0.1) is 5.82 Å². The van der Waals surface area contributed by atoms with Crippen molar-refractivity contribution in [3.63, 3.8) is 0 Å². The predicted molar refractivity (Wildman–Crippen MR) is 118 cm³/mol. The summed E-state index contributed by atoms with van der Waals surface area (Å²) >= 11 is 0.793. The van der Waals surface area contributed by atoms with Crippen LogP contribution in [0.4, 0.5) is 9.18 Å². The van der Waals surface area contributed by atoms with Crippen LogP contribution in [-0.2, 0) is 16.2 Å². The van der Waals surface area contributed by atoms with Crippen molar-refractivity contribution in [3.05, 3.63) is 70.4 Å². The Labute approximate surface area is 184 Å². The molecule has 8 heteroatoms. The van der Waals surface area contributed by atoms with Gasteiger partial charge in [-0.15, -0.1) is 0 Å². The second-order valence-electron chi connectivity index (χ2n) is 6.79. The van der Waals surface area contributed by atoms with Crippen LogP contribution in [0.25, 0.3) is 6.08 Å². The molecule has 3 rings (SSSR count). The lowest BCUT2D eigenvalue weighted by Gasteiger charge is -2.21. The molecular formula is C23H23FN2O4S. The Hall–Kier alpha value is -3.13. The number of imide groups is 1. The third-order valence-corrected chi connectivity index (χ3v) is 5.68. The number of halogens is 1. The molecule has 6 nitrogen and oxygen atoms in total. The van der Waals surface area contributed by atoms with Crippen molar-refractivity contribution in [1.29, 1.82) is 0 Å². The largest absolute Gasteiger partial charge is 0.488 e. The number of rotatable bonds is 8. The topological polar surface area (TPSA) is 66.9 Å². The van der Waals surface area contributed by atoms with Crippen molar-refractivity contribution in [2.75, 3.05) is 19.6 Å². The molecule has 0 aromatic heterocycles. The number of benzene rings is 2. The first-order valence-electron chi connectivity index (χ1n) is 9.92. The molecule has 31 heavy (non-hydrogen) atoms. The van der Waals surface area contributed by atoms with E-state index in [4.69, 9.17) is 4.74 Å². The van der Waals surface area contributed by atoms with Gasteiger partial charge in [-0.2, -0.15) is 0 Å². The second-order valence-corrected chi connectivity index (χ2v) is 7.78. The molecule has 162 valence electrons. The van der Waals surface area contributed by atoms with Crippen LogP contribution in [0.5, 0.6) is 5.75 Å². The first kappa shape index (κ1) is 22.6. The quantitative estimate of drug-likeness (QED) is 0.570. The summed E-state index contributed by atoms with van der Waals surface area (Å²) in [6.45, 7) is 4.59. The van der Waals surface area contributed by atoms with Crippen molar-refractivity contribution in [1.82, 2.24) is 9.80 Å². The van der Waals surface area contributed by atoms with Crippen LogP contribution in [0.3, 0.4) is 0 Å². The van der Waals surface area contributed by atoms with Crippen LogP contribution in [0.15, 0.2) is 53.4 Å². The summed E-state index contributed by atoms with van der Waals surface area (Å²) in [5.74, 6) is -0.622. The van der Waals surface area contributed by atoms with E-state index >= 15 is 0 Å². The first-order chi connectivity index (χ1) is 14.9. The summed E-state index contributed by atoms with van der Waals surface area (Å²) in [7, 11) is 0. The molecule has 1 saturated heterocycles. The van der Waals surface area contributed by atoms with E-state index in [1.54, 1.807) is 47.4 Å². The van der Waals surface area contributed by atoms with E-state index in [1.165, 1.54) is 12.1 Å². The Morgan fingerprint density at radius 2 is 1.87 bits per heavy atom. The maximum atomic E-state index is 13.4. The van der Waals surface area contributed by atoms with Gasteiger partial charge in [0.25, 0.3) is 11.1 Å². The van der Waals surface area contributed by atoms with Crippen LogP contribution < -0.4 is 4.74 Å². The number of nitrogens with zero attached hydrogens (tertiary/aromatic N) is 2. The summed E-state index contributed by atoms with van der Waals surface area (Å²) in [6, 6.07) is 13.2. The molecule has 0 N–H and O–H groups in total. The summed E-state index contributed by atoms with van der Waals surface area (Å²) < 4.78 is 19.2. The van der Waals surface area contributed by atoms with Gasteiger partial charge in [0, 0.05) is 18.7 Å². The zero-order valence-electron chi connectivity index (χ0n) is 17.3. The standard InChI is InChI=1S/C23H23FN2O4S/c1-3-25(4-2)21(27)14-26-22(28)20(31-23(26)29)13-17-9-5-6-11-19(17)30-15-16-8-7-10-18(24)12-16/h5-13H,3-4,14-15H2,1-2H3/b20-13-. The van der Waals surface area contributed by atoms with Crippen LogP contribution in [-0.4, -0.2) is 46.5 Å². The molecule has 0 saturated carbocycles. The average Bonchev–Trinajstić information content (AvgIpc) is 3.01. The monoisotopic (exact) mass is 442 g/mol. The summed E-state index contributed by atoms with van der Waals surface area (Å²) in [6.07, 6.45) is 1.58. The fraction of sp³-hybridized carbons (Fsp3) is 0.261. The highest BCUT2D eigenvalue weighted by molar-refractivity contribution is 8.18. The zero-order chi connectivity index (χ0) is 22.4. The van der Waals surface area contributed by atoms with Gasteiger partial charge in [-0.25, -0.2) is 4.39 Å². The lowest BCUT2D eigenvalue weighted by molar-refractivity contribution is -0.135. The number of hydrogen-bond donors (Lipinski definition) is 0. The van der Waals surface area contributed by atoms with Gasteiger partial charge in [0.2, 0.25) is 5.91 Å². The van der Waals surface area contributed by atoms with Gasteiger partial charge in [-0.3, -0.25) is 19.3 Å². The molecule has 1 fully saturated rings. The second kappa shape index (κ2) is 10.3. The number of carbonyl (C=O) groups excluding carboxylic acids is 3. The minimum Gasteiger partial charge on any atom is -0.488 e. The van der Waals surface area contributed by atoms with Crippen molar-refractivity contribution >= 4 is 34.9 Å². The Kier molecular flexibility index (Phi) is 7.46.